The van der Waals surface area contributed by atoms with Gasteiger partial charge in [0.1, 0.15) is 0 Å². The first-order valence-corrected chi connectivity index (χ1v) is 4.53. The zero-order chi connectivity index (χ0) is 9.97. The Hall–Kier alpha value is -1.65. The summed E-state index contributed by atoms with van der Waals surface area (Å²) in [5, 5.41) is 0. The molecule has 1 aliphatic rings. The summed E-state index contributed by atoms with van der Waals surface area (Å²) < 4.78 is 0. The van der Waals surface area contributed by atoms with Crippen molar-refractivity contribution in [3.63, 3.8) is 0 Å². The number of carbonyl (C=O) groups is 1. The second-order valence-electron chi connectivity index (χ2n) is 3.29. The van der Waals surface area contributed by atoms with E-state index in [1.165, 1.54) is 0 Å². The van der Waals surface area contributed by atoms with Gasteiger partial charge in [0.05, 0.1) is 6.54 Å². The van der Waals surface area contributed by atoms with E-state index in [9.17, 15) is 4.79 Å². The van der Waals surface area contributed by atoms with Crippen LogP contribution in [0.5, 0.6) is 0 Å². The van der Waals surface area contributed by atoms with Crippen molar-refractivity contribution in [2.45, 2.75) is 0 Å². The third-order valence-corrected chi connectivity index (χ3v) is 2.29. The summed E-state index contributed by atoms with van der Waals surface area (Å²) in [7, 11) is 1.81. The number of hydrogen-bond donors (Lipinski definition) is 0. The van der Waals surface area contributed by atoms with Crippen molar-refractivity contribution >= 4 is 11.9 Å². The largest absolute Gasteiger partial charge is 0.342 e. The molecule has 1 aliphatic heterocycles. The summed E-state index contributed by atoms with van der Waals surface area (Å²) in [4.78, 5) is 23.2. The number of hydrogen-bond acceptors (Lipinski definition) is 4. The van der Waals surface area contributed by atoms with Gasteiger partial charge in [0.25, 0.3) is 0 Å². The smallest absolute Gasteiger partial charge is 0.242 e. The van der Waals surface area contributed by atoms with Crippen molar-refractivity contribution in [2.24, 2.45) is 0 Å². The molecule has 5 heteroatoms. The number of likely N-dealkylation sites (N-methyl/N-ethyl adjacent to an activating group) is 1. The number of amides is 1. The highest BCUT2D eigenvalue weighted by molar-refractivity contribution is 5.81. The minimum atomic E-state index is 0.115. The fourth-order valence-electron chi connectivity index (χ4n) is 1.38. The van der Waals surface area contributed by atoms with Crippen LogP contribution in [-0.4, -0.2) is 47.5 Å². The molecule has 1 fully saturated rings. The van der Waals surface area contributed by atoms with E-state index in [0.29, 0.717) is 12.5 Å². The van der Waals surface area contributed by atoms with Crippen molar-refractivity contribution in [2.75, 3.05) is 31.6 Å². The topological polar surface area (TPSA) is 49.3 Å². The Morgan fingerprint density at radius 3 is 2.64 bits per heavy atom. The molecule has 0 spiro atoms. The maximum absolute atomic E-state index is 11.4. The molecule has 0 N–H and O–H groups in total. The van der Waals surface area contributed by atoms with Crippen LogP contribution in [0.15, 0.2) is 18.5 Å². The van der Waals surface area contributed by atoms with Gasteiger partial charge in [-0.3, -0.25) is 4.79 Å². The first-order chi connectivity index (χ1) is 6.77. The lowest BCUT2D eigenvalue weighted by Crippen LogP contribution is -2.49. The van der Waals surface area contributed by atoms with Crippen LogP contribution >= 0.6 is 0 Å². The monoisotopic (exact) mass is 192 g/mol. The quantitative estimate of drug-likeness (QED) is 0.616. The molecular weight excluding hydrogens is 180 g/mol. The van der Waals surface area contributed by atoms with E-state index in [1.807, 2.05) is 11.9 Å². The molecule has 74 valence electrons. The third kappa shape index (κ3) is 1.66. The highest BCUT2D eigenvalue weighted by atomic mass is 16.2. The van der Waals surface area contributed by atoms with Gasteiger partial charge in [-0.1, -0.05) is 0 Å². The molecular formula is C9H12N4O. The van der Waals surface area contributed by atoms with Crippen molar-refractivity contribution < 1.29 is 4.79 Å². The van der Waals surface area contributed by atoms with Crippen molar-refractivity contribution in [1.29, 1.82) is 0 Å². The molecule has 1 saturated heterocycles. The van der Waals surface area contributed by atoms with Crippen LogP contribution < -0.4 is 4.90 Å². The Bertz CT molecular complexity index is 327. The molecule has 1 aromatic rings. The van der Waals surface area contributed by atoms with Crippen LogP contribution in [0.4, 0.5) is 5.95 Å². The normalized spacial score (nSPS) is 17.4. The van der Waals surface area contributed by atoms with E-state index in [2.05, 4.69) is 9.97 Å². The fourth-order valence-corrected chi connectivity index (χ4v) is 1.38. The van der Waals surface area contributed by atoms with Crippen molar-refractivity contribution in [3.05, 3.63) is 18.5 Å². The summed E-state index contributed by atoms with van der Waals surface area (Å²) >= 11 is 0. The molecule has 5 nitrogen and oxygen atoms in total. The van der Waals surface area contributed by atoms with Crippen LogP contribution in [0.1, 0.15) is 0 Å². The van der Waals surface area contributed by atoms with Gasteiger partial charge in [-0.2, -0.15) is 0 Å². The molecule has 14 heavy (non-hydrogen) atoms. The van der Waals surface area contributed by atoms with Gasteiger partial charge >= 0.3 is 0 Å². The zero-order valence-electron chi connectivity index (χ0n) is 8.05. The Morgan fingerprint density at radius 1 is 1.29 bits per heavy atom. The molecule has 0 aromatic carbocycles. The number of aromatic nitrogens is 2. The van der Waals surface area contributed by atoms with E-state index >= 15 is 0 Å². The Morgan fingerprint density at radius 2 is 2.00 bits per heavy atom. The van der Waals surface area contributed by atoms with Crippen molar-refractivity contribution in [3.8, 4) is 0 Å². The summed E-state index contributed by atoms with van der Waals surface area (Å²) in [5.41, 5.74) is 0. The lowest BCUT2D eigenvalue weighted by molar-refractivity contribution is -0.129. The molecule has 2 rings (SSSR count). The third-order valence-electron chi connectivity index (χ3n) is 2.29. The molecule has 0 bridgehead atoms. The lowest BCUT2D eigenvalue weighted by Gasteiger charge is -2.31. The molecule has 0 saturated carbocycles. The number of rotatable bonds is 1. The number of carbonyl (C=O) groups excluding carboxylic acids is 1. The van der Waals surface area contributed by atoms with E-state index < -0.39 is 0 Å². The summed E-state index contributed by atoms with van der Waals surface area (Å²) in [6.45, 7) is 1.91. The number of nitrogens with zero attached hydrogens (tertiary/aromatic N) is 4. The molecule has 0 atom stereocenters. The zero-order valence-corrected chi connectivity index (χ0v) is 8.05. The van der Waals surface area contributed by atoms with Crippen LogP contribution in [-0.2, 0) is 4.79 Å². The molecule has 1 amide bonds. The molecule has 1 aromatic heterocycles. The first kappa shape index (κ1) is 8.93. The molecule has 2 heterocycles. The molecule has 0 unspecified atom stereocenters. The van der Waals surface area contributed by atoms with E-state index in [4.69, 9.17) is 0 Å². The van der Waals surface area contributed by atoms with E-state index in [1.54, 1.807) is 23.4 Å². The highest BCUT2D eigenvalue weighted by Gasteiger charge is 2.22. The van der Waals surface area contributed by atoms with Crippen LogP contribution in [0, 0.1) is 0 Å². The average Bonchev–Trinajstić information content (AvgIpc) is 2.23. The van der Waals surface area contributed by atoms with Gasteiger partial charge in [0.15, 0.2) is 0 Å². The maximum atomic E-state index is 11.4. The Balaban J connectivity index is 2.11. The van der Waals surface area contributed by atoms with Gasteiger partial charge in [-0.15, -0.1) is 0 Å². The van der Waals surface area contributed by atoms with Crippen LogP contribution in [0.3, 0.4) is 0 Å². The van der Waals surface area contributed by atoms with Gasteiger partial charge < -0.3 is 9.80 Å². The summed E-state index contributed by atoms with van der Waals surface area (Å²) in [6, 6.07) is 1.77. The van der Waals surface area contributed by atoms with Crippen LogP contribution in [0.25, 0.3) is 0 Å². The van der Waals surface area contributed by atoms with Gasteiger partial charge in [-0.25, -0.2) is 9.97 Å². The average molecular weight is 192 g/mol. The number of piperazine rings is 1. The molecule has 0 radical (unpaired) electrons. The Labute approximate surface area is 82.4 Å². The highest BCUT2D eigenvalue weighted by Crippen LogP contribution is 2.08. The first-order valence-electron chi connectivity index (χ1n) is 4.53. The van der Waals surface area contributed by atoms with Gasteiger partial charge in [-0.05, 0) is 6.07 Å². The predicted molar refractivity (Wildman–Crippen MR) is 51.9 cm³/mol. The minimum absolute atomic E-state index is 0.115. The van der Waals surface area contributed by atoms with Gasteiger partial charge in [0.2, 0.25) is 11.9 Å². The fraction of sp³-hybridized carbons (Fsp3) is 0.444. The van der Waals surface area contributed by atoms with Crippen molar-refractivity contribution in [1.82, 2.24) is 14.9 Å². The van der Waals surface area contributed by atoms with Crippen LogP contribution in [0.2, 0.25) is 0 Å². The minimum Gasteiger partial charge on any atom is -0.342 e. The van der Waals surface area contributed by atoms with Gasteiger partial charge in [0, 0.05) is 32.5 Å². The van der Waals surface area contributed by atoms with E-state index in [0.717, 1.165) is 13.1 Å². The second kappa shape index (κ2) is 3.61. The standard InChI is InChI=1S/C9H12N4O/c1-12-5-6-13(7-8(12)14)9-10-3-2-4-11-9/h2-4H,5-7H2,1H3. The van der Waals surface area contributed by atoms with E-state index in [-0.39, 0.29) is 5.91 Å². The molecule has 0 aliphatic carbocycles. The number of anilines is 1. The predicted octanol–water partition coefficient (Wildman–Crippen LogP) is -0.245. The second-order valence-corrected chi connectivity index (χ2v) is 3.29. The summed E-state index contributed by atoms with van der Waals surface area (Å²) in [5.74, 6) is 0.748. The Kier molecular flexibility index (Phi) is 2.30. The lowest BCUT2D eigenvalue weighted by atomic mass is 10.3. The SMILES string of the molecule is CN1CCN(c2ncccn2)CC1=O. The summed E-state index contributed by atoms with van der Waals surface area (Å²) in [6.07, 6.45) is 3.37. The maximum Gasteiger partial charge on any atom is 0.242 e.